The minimum Gasteiger partial charge on any atom is -0.387 e. The summed E-state index contributed by atoms with van der Waals surface area (Å²) in [6, 6.07) is 17.8. The zero-order valence-corrected chi connectivity index (χ0v) is 16.6. The van der Waals surface area contributed by atoms with Crippen molar-refractivity contribution in [2.75, 3.05) is 24.7 Å². The maximum absolute atomic E-state index is 10.6. The molecule has 5 rings (SSSR count). The second-order valence-corrected chi connectivity index (χ2v) is 8.02. The lowest BCUT2D eigenvalue weighted by molar-refractivity contribution is 0.0683. The minimum absolute atomic E-state index is 0.0439. The standard InChI is InChI=1S/C21H21N5O2S/c27-17(18-7-4-12-29-18)13-16-14-28-11-10-25(16)20-9-8-19-22-23-21(26(19)24-20)15-5-2-1-3-6-15/h1-9,12,16-17,27H,10-11,13-14H2. The van der Waals surface area contributed by atoms with Gasteiger partial charge in [0.1, 0.15) is 5.82 Å². The summed E-state index contributed by atoms with van der Waals surface area (Å²) in [6.07, 6.45) is 0.0799. The van der Waals surface area contributed by atoms with Crippen LogP contribution in [-0.4, -0.2) is 50.7 Å². The highest BCUT2D eigenvalue weighted by Crippen LogP contribution is 2.28. The molecule has 0 aliphatic carbocycles. The molecule has 29 heavy (non-hydrogen) atoms. The molecule has 1 aliphatic heterocycles. The Hall–Kier alpha value is -2.81. The number of rotatable bonds is 5. The molecule has 2 unspecified atom stereocenters. The topological polar surface area (TPSA) is 75.8 Å². The van der Waals surface area contributed by atoms with Crippen molar-refractivity contribution in [3.8, 4) is 11.4 Å². The van der Waals surface area contributed by atoms with Crippen molar-refractivity contribution in [2.45, 2.75) is 18.6 Å². The Morgan fingerprint density at radius 2 is 2.00 bits per heavy atom. The summed E-state index contributed by atoms with van der Waals surface area (Å²) in [4.78, 5) is 3.19. The molecule has 1 aliphatic rings. The molecule has 0 radical (unpaired) electrons. The van der Waals surface area contributed by atoms with Crippen LogP contribution in [0, 0.1) is 0 Å². The minimum atomic E-state index is -0.511. The number of aliphatic hydroxyl groups excluding tert-OH is 1. The Balaban J connectivity index is 1.46. The fourth-order valence-corrected chi connectivity index (χ4v) is 4.43. The van der Waals surface area contributed by atoms with E-state index >= 15 is 0 Å². The van der Waals surface area contributed by atoms with Gasteiger partial charge in [0.25, 0.3) is 0 Å². The van der Waals surface area contributed by atoms with Crippen molar-refractivity contribution in [3.05, 3.63) is 64.9 Å². The van der Waals surface area contributed by atoms with Crippen molar-refractivity contribution in [1.29, 1.82) is 0 Å². The fourth-order valence-electron chi connectivity index (χ4n) is 3.71. The van der Waals surface area contributed by atoms with Crippen molar-refractivity contribution in [1.82, 2.24) is 19.8 Å². The van der Waals surface area contributed by atoms with Gasteiger partial charge in [-0.15, -0.1) is 26.6 Å². The van der Waals surface area contributed by atoms with Crippen LogP contribution in [-0.2, 0) is 4.74 Å². The molecule has 7 nitrogen and oxygen atoms in total. The number of hydrogen-bond acceptors (Lipinski definition) is 7. The van der Waals surface area contributed by atoms with E-state index in [0.29, 0.717) is 31.1 Å². The van der Waals surface area contributed by atoms with E-state index in [1.54, 1.807) is 15.9 Å². The quantitative estimate of drug-likeness (QED) is 0.548. The molecule has 1 saturated heterocycles. The van der Waals surface area contributed by atoms with Gasteiger partial charge in [0.2, 0.25) is 0 Å². The van der Waals surface area contributed by atoms with E-state index in [4.69, 9.17) is 9.84 Å². The highest BCUT2D eigenvalue weighted by molar-refractivity contribution is 7.10. The summed E-state index contributed by atoms with van der Waals surface area (Å²) < 4.78 is 7.49. The monoisotopic (exact) mass is 407 g/mol. The average molecular weight is 407 g/mol. The zero-order valence-electron chi connectivity index (χ0n) is 15.8. The molecule has 1 aromatic carbocycles. The molecule has 0 bridgehead atoms. The molecule has 0 amide bonds. The first kappa shape index (κ1) is 18.2. The van der Waals surface area contributed by atoms with Crippen molar-refractivity contribution in [3.63, 3.8) is 0 Å². The van der Waals surface area contributed by atoms with Crippen LogP contribution in [0.4, 0.5) is 5.82 Å². The van der Waals surface area contributed by atoms with Gasteiger partial charge in [-0.3, -0.25) is 0 Å². The predicted octanol–water partition coefficient (Wildman–Crippen LogP) is 3.18. The lowest BCUT2D eigenvalue weighted by atomic mass is 10.1. The maximum atomic E-state index is 10.6. The first-order chi connectivity index (χ1) is 14.3. The van der Waals surface area contributed by atoms with Gasteiger partial charge < -0.3 is 14.7 Å². The SMILES string of the molecule is OC(CC1COCCN1c1ccc2nnc(-c3ccccc3)n2n1)c1cccs1. The van der Waals surface area contributed by atoms with Gasteiger partial charge in [-0.2, -0.15) is 4.52 Å². The van der Waals surface area contributed by atoms with E-state index in [-0.39, 0.29) is 6.04 Å². The van der Waals surface area contributed by atoms with Crippen molar-refractivity contribution >= 4 is 22.8 Å². The number of hydrogen-bond donors (Lipinski definition) is 1. The molecule has 1 N–H and O–H groups in total. The Labute approximate surface area is 172 Å². The van der Waals surface area contributed by atoms with Crippen molar-refractivity contribution in [2.24, 2.45) is 0 Å². The Morgan fingerprint density at radius 3 is 2.83 bits per heavy atom. The molecule has 3 aromatic heterocycles. The second kappa shape index (κ2) is 7.90. The van der Waals surface area contributed by atoms with Crippen LogP contribution in [0.2, 0.25) is 0 Å². The van der Waals surface area contributed by atoms with Gasteiger partial charge >= 0.3 is 0 Å². The Morgan fingerprint density at radius 1 is 1.10 bits per heavy atom. The molecule has 2 atom stereocenters. The average Bonchev–Trinajstić information content (AvgIpc) is 3.44. The Kier molecular flexibility index (Phi) is 4.97. The van der Waals surface area contributed by atoms with Crippen LogP contribution in [0.25, 0.3) is 17.0 Å². The number of aliphatic hydroxyl groups is 1. The first-order valence-corrected chi connectivity index (χ1v) is 10.5. The van der Waals surface area contributed by atoms with E-state index < -0.39 is 6.10 Å². The summed E-state index contributed by atoms with van der Waals surface area (Å²) in [5.74, 6) is 1.55. The normalized spacial score (nSPS) is 18.2. The molecule has 4 aromatic rings. The van der Waals surface area contributed by atoms with E-state index in [1.807, 2.05) is 60.0 Å². The van der Waals surface area contributed by atoms with E-state index in [0.717, 1.165) is 22.8 Å². The summed E-state index contributed by atoms with van der Waals surface area (Å²) >= 11 is 1.57. The van der Waals surface area contributed by atoms with Gasteiger partial charge in [-0.25, -0.2) is 0 Å². The first-order valence-electron chi connectivity index (χ1n) is 9.63. The molecule has 4 heterocycles. The number of benzene rings is 1. The summed E-state index contributed by atoms with van der Waals surface area (Å²) in [5, 5.41) is 26.0. The number of thiophene rings is 1. The van der Waals surface area contributed by atoms with Crippen LogP contribution >= 0.6 is 11.3 Å². The van der Waals surface area contributed by atoms with E-state index in [2.05, 4.69) is 15.1 Å². The fraction of sp³-hybridized carbons (Fsp3) is 0.286. The zero-order chi connectivity index (χ0) is 19.6. The van der Waals surface area contributed by atoms with Crippen LogP contribution in [0.3, 0.4) is 0 Å². The van der Waals surface area contributed by atoms with Crippen LogP contribution < -0.4 is 4.90 Å². The molecule has 1 fully saturated rings. The number of aromatic nitrogens is 4. The summed E-state index contributed by atoms with van der Waals surface area (Å²) in [6.45, 7) is 1.93. The number of anilines is 1. The highest BCUT2D eigenvalue weighted by atomic mass is 32.1. The number of nitrogens with zero attached hydrogens (tertiary/aromatic N) is 5. The number of morpholine rings is 1. The number of fused-ring (bicyclic) bond motifs is 1. The lowest BCUT2D eigenvalue weighted by Gasteiger charge is -2.37. The van der Waals surface area contributed by atoms with E-state index in [1.165, 1.54) is 0 Å². The third-order valence-electron chi connectivity index (χ3n) is 5.17. The van der Waals surface area contributed by atoms with Gasteiger partial charge in [-0.1, -0.05) is 36.4 Å². The van der Waals surface area contributed by atoms with Crippen molar-refractivity contribution < 1.29 is 9.84 Å². The van der Waals surface area contributed by atoms with Gasteiger partial charge in [0.05, 0.1) is 25.4 Å². The number of ether oxygens (including phenoxy) is 1. The maximum Gasteiger partial charge on any atom is 0.185 e. The Bertz CT molecular complexity index is 1080. The highest BCUT2D eigenvalue weighted by Gasteiger charge is 2.28. The van der Waals surface area contributed by atoms with Crippen LogP contribution in [0.1, 0.15) is 17.4 Å². The van der Waals surface area contributed by atoms with Gasteiger partial charge in [0.15, 0.2) is 11.5 Å². The van der Waals surface area contributed by atoms with Crippen LogP contribution in [0.15, 0.2) is 60.0 Å². The molecule has 8 heteroatoms. The molecular formula is C21H21N5O2S. The predicted molar refractivity (Wildman–Crippen MR) is 112 cm³/mol. The van der Waals surface area contributed by atoms with E-state index in [9.17, 15) is 5.11 Å². The summed E-state index contributed by atoms with van der Waals surface area (Å²) in [7, 11) is 0. The van der Waals surface area contributed by atoms with Gasteiger partial charge in [0, 0.05) is 23.4 Å². The third-order valence-corrected chi connectivity index (χ3v) is 6.14. The second-order valence-electron chi connectivity index (χ2n) is 7.04. The largest absolute Gasteiger partial charge is 0.387 e. The molecular weight excluding hydrogens is 386 g/mol. The lowest BCUT2D eigenvalue weighted by Crippen LogP contribution is -2.46. The molecule has 0 spiro atoms. The van der Waals surface area contributed by atoms with Gasteiger partial charge in [-0.05, 0) is 23.6 Å². The molecule has 0 saturated carbocycles. The van der Waals surface area contributed by atoms with Crippen LogP contribution in [0.5, 0.6) is 0 Å². The smallest absolute Gasteiger partial charge is 0.185 e. The third kappa shape index (κ3) is 3.62. The summed E-state index contributed by atoms with van der Waals surface area (Å²) in [5.41, 5.74) is 1.67. The molecule has 148 valence electrons.